The maximum absolute atomic E-state index is 5.13. The predicted octanol–water partition coefficient (Wildman–Crippen LogP) is 2.79. The van der Waals surface area contributed by atoms with Gasteiger partial charge in [0.25, 0.3) is 0 Å². The Morgan fingerprint density at radius 3 is 3.29 bits per heavy atom. The van der Waals surface area contributed by atoms with Gasteiger partial charge >= 0.3 is 0 Å². The summed E-state index contributed by atoms with van der Waals surface area (Å²) in [5, 5.41) is 0. The molecule has 0 amide bonds. The Morgan fingerprint density at radius 2 is 2.50 bits per heavy atom. The first kappa shape index (κ1) is 10.2. The molecular formula is C12H21NO. The van der Waals surface area contributed by atoms with Crippen LogP contribution in [0.3, 0.4) is 0 Å². The molecule has 80 valence electrons. The van der Waals surface area contributed by atoms with Crippen LogP contribution >= 0.6 is 0 Å². The molecule has 2 N–H and O–H groups in total. The minimum absolute atomic E-state index is 0.529. The lowest BCUT2D eigenvalue weighted by atomic mass is 9.62. The molecule has 0 aromatic carbocycles. The van der Waals surface area contributed by atoms with Gasteiger partial charge in [-0.3, -0.25) is 0 Å². The highest BCUT2D eigenvalue weighted by molar-refractivity contribution is 5.15. The van der Waals surface area contributed by atoms with E-state index < -0.39 is 0 Å². The second-order valence-corrected chi connectivity index (χ2v) is 5.21. The molecule has 0 saturated heterocycles. The van der Waals surface area contributed by atoms with Crippen LogP contribution in [-0.2, 0) is 4.84 Å². The average molecular weight is 195 g/mol. The van der Waals surface area contributed by atoms with Crippen molar-refractivity contribution in [3.05, 3.63) is 11.6 Å². The Bertz CT molecular complexity index is 236. The average Bonchev–Trinajstić information content (AvgIpc) is 2.14. The van der Waals surface area contributed by atoms with Crippen molar-refractivity contribution in [3.63, 3.8) is 0 Å². The number of nitrogens with two attached hydrogens (primary N) is 1. The summed E-state index contributed by atoms with van der Waals surface area (Å²) in [5.41, 5.74) is 2.22. The maximum atomic E-state index is 5.13. The van der Waals surface area contributed by atoms with Crippen molar-refractivity contribution in [2.45, 2.75) is 45.4 Å². The molecule has 2 atom stereocenters. The molecule has 2 bridgehead atoms. The molecule has 2 rings (SSSR count). The van der Waals surface area contributed by atoms with E-state index in [1.54, 1.807) is 5.57 Å². The molecule has 0 radical (unpaired) electrons. The van der Waals surface area contributed by atoms with Gasteiger partial charge < -0.3 is 4.84 Å². The molecule has 0 aromatic rings. The predicted molar refractivity (Wildman–Crippen MR) is 57.5 cm³/mol. The Morgan fingerprint density at radius 1 is 1.64 bits per heavy atom. The SMILES string of the molecule is CC1CC2=CCCC(CCON)(C2)C1. The second-order valence-electron chi connectivity index (χ2n) is 5.21. The van der Waals surface area contributed by atoms with Crippen LogP contribution in [0.15, 0.2) is 11.6 Å². The molecule has 2 nitrogen and oxygen atoms in total. The van der Waals surface area contributed by atoms with Crippen LogP contribution in [0.1, 0.15) is 45.4 Å². The lowest BCUT2D eigenvalue weighted by Gasteiger charge is -2.44. The highest BCUT2D eigenvalue weighted by Crippen LogP contribution is 2.50. The molecule has 2 aliphatic rings. The summed E-state index contributed by atoms with van der Waals surface area (Å²) >= 11 is 0. The van der Waals surface area contributed by atoms with E-state index in [4.69, 9.17) is 10.7 Å². The molecule has 2 unspecified atom stereocenters. The molecule has 0 heterocycles. The van der Waals surface area contributed by atoms with Crippen molar-refractivity contribution in [3.8, 4) is 0 Å². The monoisotopic (exact) mass is 195 g/mol. The van der Waals surface area contributed by atoms with Gasteiger partial charge in [-0.25, -0.2) is 5.90 Å². The molecule has 1 fully saturated rings. The first-order chi connectivity index (χ1) is 6.74. The lowest BCUT2D eigenvalue weighted by molar-refractivity contribution is 0.0648. The van der Waals surface area contributed by atoms with Crippen molar-refractivity contribution in [2.24, 2.45) is 17.2 Å². The van der Waals surface area contributed by atoms with Crippen LogP contribution in [0, 0.1) is 11.3 Å². The Labute approximate surface area is 86.5 Å². The van der Waals surface area contributed by atoms with E-state index in [0.717, 1.165) is 18.9 Å². The molecule has 1 saturated carbocycles. The molecule has 2 heteroatoms. The fraction of sp³-hybridized carbons (Fsp3) is 0.833. The Balaban J connectivity index is 2.06. The third-order valence-electron chi connectivity index (χ3n) is 3.85. The van der Waals surface area contributed by atoms with Crippen LogP contribution in [-0.4, -0.2) is 6.61 Å². The van der Waals surface area contributed by atoms with Gasteiger partial charge in [0, 0.05) is 0 Å². The zero-order valence-corrected chi connectivity index (χ0v) is 9.09. The molecule has 14 heavy (non-hydrogen) atoms. The van der Waals surface area contributed by atoms with Gasteiger partial charge in [0.2, 0.25) is 0 Å². The Kier molecular flexibility index (Phi) is 2.93. The molecular weight excluding hydrogens is 174 g/mol. The van der Waals surface area contributed by atoms with Gasteiger partial charge in [-0.15, -0.1) is 0 Å². The van der Waals surface area contributed by atoms with Gasteiger partial charge in [-0.05, 0) is 49.9 Å². The van der Waals surface area contributed by atoms with E-state index in [1.165, 1.54) is 32.1 Å². The lowest BCUT2D eigenvalue weighted by Crippen LogP contribution is -2.32. The Hall–Kier alpha value is -0.340. The number of rotatable bonds is 3. The second kappa shape index (κ2) is 4.03. The van der Waals surface area contributed by atoms with Gasteiger partial charge in [-0.2, -0.15) is 0 Å². The highest BCUT2D eigenvalue weighted by Gasteiger charge is 2.37. The number of hydrogen-bond acceptors (Lipinski definition) is 2. The zero-order chi connectivity index (χ0) is 10.0. The summed E-state index contributed by atoms with van der Waals surface area (Å²) in [6, 6.07) is 0. The fourth-order valence-corrected chi connectivity index (χ4v) is 3.40. The smallest absolute Gasteiger partial charge is 0.0684 e. The van der Waals surface area contributed by atoms with E-state index >= 15 is 0 Å². The summed E-state index contributed by atoms with van der Waals surface area (Å²) in [7, 11) is 0. The zero-order valence-electron chi connectivity index (χ0n) is 9.09. The van der Waals surface area contributed by atoms with Crippen LogP contribution in [0.25, 0.3) is 0 Å². The van der Waals surface area contributed by atoms with E-state index in [2.05, 4.69) is 13.0 Å². The first-order valence-corrected chi connectivity index (χ1v) is 5.74. The van der Waals surface area contributed by atoms with Gasteiger partial charge in [-0.1, -0.05) is 18.6 Å². The van der Waals surface area contributed by atoms with Crippen LogP contribution in [0.5, 0.6) is 0 Å². The molecule has 0 aliphatic heterocycles. The minimum atomic E-state index is 0.529. The summed E-state index contributed by atoms with van der Waals surface area (Å²) in [6.45, 7) is 3.09. The highest BCUT2D eigenvalue weighted by atomic mass is 16.6. The van der Waals surface area contributed by atoms with Crippen LogP contribution < -0.4 is 5.90 Å². The number of allylic oxidation sites excluding steroid dienone is 2. The summed E-state index contributed by atoms with van der Waals surface area (Å²) < 4.78 is 0. The third kappa shape index (κ3) is 2.01. The van der Waals surface area contributed by atoms with E-state index in [1.807, 2.05) is 0 Å². The fourth-order valence-electron chi connectivity index (χ4n) is 3.40. The summed E-state index contributed by atoms with van der Waals surface area (Å²) in [5.74, 6) is 5.99. The van der Waals surface area contributed by atoms with Crippen LogP contribution in [0.2, 0.25) is 0 Å². The summed E-state index contributed by atoms with van der Waals surface area (Å²) in [4.78, 5) is 4.75. The van der Waals surface area contributed by atoms with Gasteiger partial charge in [0.15, 0.2) is 0 Å². The molecule has 0 aromatic heterocycles. The number of fused-ring (bicyclic) bond motifs is 2. The van der Waals surface area contributed by atoms with E-state index in [0.29, 0.717) is 5.41 Å². The molecule has 0 spiro atoms. The van der Waals surface area contributed by atoms with Gasteiger partial charge in [0.1, 0.15) is 0 Å². The van der Waals surface area contributed by atoms with Crippen molar-refractivity contribution >= 4 is 0 Å². The number of hydrogen-bond donors (Lipinski definition) is 1. The largest absolute Gasteiger partial charge is 0.305 e. The maximum Gasteiger partial charge on any atom is 0.0684 e. The van der Waals surface area contributed by atoms with Crippen LogP contribution in [0.4, 0.5) is 0 Å². The minimum Gasteiger partial charge on any atom is -0.305 e. The first-order valence-electron chi connectivity index (χ1n) is 5.74. The standard InChI is InChI=1S/C12H21NO/c1-10-7-11-3-2-4-12(8-10,9-11)5-6-14-13/h3,10H,2,4-9,13H2,1H3. The molecule has 2 aliphatic carbocycles. The van der Waals surface area contributed by atoms with Gasteiger partial charge in [0.05, 0.1) is 6.61 Å². The van der Waals surface area contributed by atoms with Crippen molar-refractivity contribution in [2.75, 3.05) is 6.61 Å². The van der Waals surface area contributed by atoms with Crippen molar-refractivity contribution in [1.82, 2.24) is 0 Å². The third-order valence-corrected chi connectivity index (χ3v) is 3.85. The topological polar surface area (TPSA) is 35.2 Å². The normalized spacial score (nSPS) is 36.7. The van der Waals surface area contributed by atoms with Crippen molar-refractivity contribution in [1.29, 1.82) is 0 Å². The quantitative estimate of drug-likeness (QED) is 0.555. The van der Waals surface area contributed by atoms with E-state index in [-0.39, 0.29) is 0 Å². The summed E-state index contributed by atoms with van der Waals surface area (Å²) in [6.07, 6.45) is 10.2. The van der Waals surface area contributed by atoms with Crippen molar-refractivity contribution < 1.29 is 4.84 Å². The van der Waals surface area contributed by atoms with E-state index in [9.17, 15) is 0 Å².